The SMILES string of the molecule is CC(CCNC(=O)NC(C)C(=O)NC(C)(C)C)C(=O)O. The van der Waals surface area contributed by atoms with E-state index >= 15 is 0 Å². The highest BCUT2D eigenvalue weighted by atomic mass is 16.4. The molecule has 0 aliphatic carbocycles. The Balaban J connectivity index is 4.02. The highest BCUT2D eigenvalue weighted by Crippen LogP contribution is 2.00. The molecule has 7 heteroatoms. The molecule has 2 atom stereocenters. The van der Waals surface area contributed by atoms with Crippen LogP contribution in [0.5, 0.6) is 0 Å². The third kappa shape index (κ3) is 8.34. The molecule has 0 aromatic carbocycles. The normalized spacial score (nSPS) is 14.1. The van der Waals surface area contributed by atoms with Crippen molar-refractivity contribution in [3.8, 4) is 0 Å². The molecule has 0 fully saturated rings. The lowest BCUT2D eigenvalue weighted by atomic mass is 10.1. The minimum atomic E-state index is -0.898. The fraction of sp³-hybridized carbons (Fsp3) is 0.769. The summed E-state index contributed by atoms with van der Waals surface area (Å²) in [5.41, 5.74) is -0.361. The van der Waals surface area contributed by atoms with Crippen LogP contribution in [-0.2, 0) is 9.59 Å². The zero-order valence-electron chi connectivity index (χ0n) is 12.7. The number of carboxylic acid groups (broad SMARTS) is 1. The summed E-state index contributed by atoms with van der Waals surface area (Å²) >= 11 is 0. The number of urea groups is 1. The maximum absolute atomic E-state index is 11.7. The number of nitrogens with one attached hydrogen (secondary N) is 3. The van der Waals surface area contributed by atoms with E-state index in [9.17, 15) is 14.4 Å². The molecule has 3 amide bonds. The molecular weight excluding hydrogens is 262 g/mol. The van der Waals surface area contributed by atoms with Crippen LogP contribution in [0.4, 0.5) is 4.79 Å². The summed E-state index contributed by atoms with van der Waals surface area (Å²) in [5, 5.41) is 16.5. The lowest BCUT2D eigenvalue weighted by molar-refractivity contribution is -0.141. The molecule has 0 aliphatic heterocycles. The molecule has 0 aliphatic rings. The van der Waals surface area contributed by atoms with E-state index in [1.165, 1.54) is 0 Å². The van der Waals surface area contributed by atoms with Crippen LogP contribution >= 0.6 is 0 Å². The van der Waals surface area contributed by atoms with Crippen LogP contribution in [0, 0.1) is 5.92 Å². The molecule has 0 heterocycles. The number of rotatable bonds is 6. The molecule has 0 rings (SSSR count). The van der Waals surface area contributed by atoms with Crippen molar-refractivity contribution >= 4 is 17.9 Å². The number of hydrogen-bond donors (Lipinski definition) is 4. The quantitative estimate of drug-likeness (QED) is 0.576. The third-order valence-corrected chi connectivity index (χ3v) is 2.52. The average Bonchev–Trinajstić information content (AvgIpc) is 2.26. The molecule has 7 nitrogen and oxygen atoms in total. The Labute approximate surface area is 119 Å². The highest BCUT2D eigenvalue weighted by molar-refractivity contribution is 5.87. The van der Waals surface area contributed by atoms with Crippen molar-refractivity contribution in [2.45, 2.75) is 52.6 Å². The van der Waals surface area contributed by atoms with E-state index in [1.54, 1.807) is 13.8 Å². The van der Waals surface area contributed by atoms with Crippen molar-refractivity contribution < 1.29 is 19.5 Å². The second-order valence-corrected chi connectivity index (χ2v) is 5.89. The van der Waals surface area contributed by atoms with Crippen molar-refractivity contribution in [3.05, 3.63) is 0 Å². The molecule has 0 saturated heterocycles. The van der Waals surface area contributed by atoms with Crippen LogP contribution in [0.15, 0.2) is 0 Å². The number of carboxylic acids is 1. The summed E-state index contributed by atoms with van der Waals surface area (Å²) in [5.74, 6) is -1.69. The predicted molar refractivity (Wildman–Crippen MR) is 75.3 cm³/mol. The van der Waals surface area contributed by atoms with Gasteiger partial charge in [-0.05, 0) is 34.1 Å². The molecule has 2 unspecified atom stereocenters. The largest absolute Gasteiger partial charge is 0.481 e. The Morgan fingerprint density at radius 1 is 1.15 bits per heavy atom. The summed E-state index contributed by atoms with van der Waals surface area (Å²) in [6.07, 6.45) is 0.339. The Hall–Kier alpha value is -1.79. The van der Waals surface area contributed by atoms with Gasteiger partial charge in [-0.25, -0.2) is 4.79 Å². The van der Waals surface area contributed by atoms with Crippen molar-refractivity contribution in [2.24, 2.45) is 5.92 Å². The maximum Gasteiger partial charge on any atom is 0.315 e. The molecule has 0 saturated carbocycles. The van der Waals surface area contributed by atoms with Gasteiger partial charge in [0.1, 0.15) is 6.04 Å². The fourth-order valence-corrected chi connectivity index (χ4v) is 1.32. The van der Waals surface area contributed by atoms with E-state index in [0.717, 1.165) is 0 Å². The third-order valence-electron chi connectivity index (χ3n) is 2.52. The molecule has 0 radical (unpaired) electrons. The van der Waals surface area contributed by atoms with Gasteiger partial charge in [0.25, 0.3) is 0 Å². The lowest BCUT2D eigenvalue weighted by Gasteiger charge is -2.23. The monoisotopic (exact) mass is 287 g/mol. The number of aliphatic carboxylic acids is 1. The highest BCUT2D eigenvalue weighted by Gasteiger charge is 2.20. The van der Waals surface area contributed by atoms with Gasteiger partial charge < -0.3 is 21.1 Å². The first-order valence-corrected chi connectivity index (χ1v) is 6.62. The van der Waals surface area contributed by atoms with Crippen LogP contribution in [0.1, 0.15) is 41.0 Å². The zero-order chi connectivity index (χ0) is 15.9. The first-order chi connectivity index (χ1) is 9.03. The Bertz CT molecular complexity index is 363. The number of hydrogen-bond acceptors (Lipinski definition) is 3. The van der Waals surface area contributed by atoms with Gasteiger partial charge in [-0.15, -0.1) is 0 Å². The Morgan fingerprint density at radius 2 is 1.70 bits per heavy atom. The van der Waals surface area contributed by atoms with E-state index < -0.39 is 24.0 Å². The molecule has 4 N–H and O–H groups in total. The molecule has 116 valence electrons. The van der Waals surface area contributed by atoms with Crippen molar-refractivity contribution in [1.82, 2.24) is 16.0 Å². The van der Waals surface area contributed by atoms with E-state index in [4.69, 9.17) is 5.11 Å². The summed E-state index contributed by atoms with van der Waals surface area (Å²) in [6.45, 7) is 8.95. The van der Waals surface area contributed by atoms with Crippen LogP contribution < -0.4 is 16.0 Å². The lowest BCUT2D eigenvalue weighted by Crippen LogP contribution is -2.52. The maximum atomic E-state index is 11.7. The van der Waals surface area contributed by atoms with E-state index in [-0.39, 0.29) is 18.0 Å². The molecular formula is C13H25N3O4. The van der Waals surface area contributed by atoms with Crippen LogP contribution in [0.3, 0.4) is 0 Å². The number of carbonyl (C=O) groups is 3. The van der Waals surface area contributed by atoms with Crippen molar-refractivity contribution in [3.63, 3.8) is 0 Å². The summed E-state index contributed by atoms with van der Waals surface area (Å²) in [4.78, 5) is 33.9. The first-order valence-electron chi connectivity index (χ1n) is 6.62. The molecule has 0 aromatic heterocycles. The standard InChI is InChI=1S/C13H25N3O4/c1-8(11(18)19)6-7-14-12(20)15-9(2)10(17)16-13(3,4)5/h8-9H,6-7H2,1-5H3,(H,16,17)(H,18,19)(H2,14,15,20). The van der Waals surface area contributed by atoms with Crippen molar-refractivity contribution in [1.29, 1.82) is 0 Å². The summed E-state index contributed by atoms with van der Waals surface area (Å²) in [6, 6.07) is -1.15. The number of amides is 3. The zero-order valence-corrected chi connectivity index (χ0v) is 12.7. The van der Waals surface area contributed by atoms with E-state index in [1.807, 2.05) is 20.8 Å². The van der Waals surface area contributed by atoms with Gasteiger partial charge >= 0.3 is 12.0 Å². The van der Waals surface area contributed by atoms with Gasteiger partial charge in [-0.3, -0.25) is 9.59 Å². The first kappa shape index (κ1) is 18.2. The Morgan fingerprint density at radius 3 is 2.15 bits per heavy atom. The summed E-state index contributed by atoms with van der Waals surface area (Å²) < 4.78 is 0. The second kappa shape index (κ2) is 7.72. The van der Waals surface area contributed by atoms with E-state index in [0.29, 0.717) is 6.42 Å². The van der Waals surface area contributed by atoms with Crippen LogP contribution in [-0.4, -0.2) is 41.1 Å². The Kier molecular flexibility index (Phi) is 7.02. The van der Waals surface area contributed by atoms with Crippen LogP contribution in [0.25, 0.3) is 0 Å². The average molecular weight is 287 g/mol. The van der Waals surface area contributed by atoms with Crippen LogP contribution in [0.2, 0.25) is 0 Å². The fourth-order valence-electron chi connectivity index (χ4n) is 1.32. The van der Waals surface area contributed by atoms with Crippen molar-refractivity contribution in [2.75, 3.05) is 6.54 Å². The molecule has 0 aromatic rings. The van der Waals surface area contributed by atoms with Gasteiger partial charge in [0.05, 0.1) is 5.92 Å². The van der Waals surface area contributed by atoms with Gasteiger partial charge in [-0.2, -0.15) is 0 Å². The molecule has 0 bridgehead atoms. The second-order valence-electron chi connectivity index (χ2n) is 5.89. The summed E-state index contributed by atoms with van der Waals surface area (Å²) in [7, 11) is 0. The van der Waals surface area contributed by atoms with Gasteiger partial charge in [0, 0.05) is 12.1 Å². The van der Waals surface area contributed by atoms with Gasteiger partial charge in [0.15, 0.2) is 0 Å². The van der Waals surface area contributed by atoms with E-state index in [2.05, 4.69) is 16.0 Å². The molecule has 20 heavy (non-hydrogen) atoms. The predicted octanol–water partition coefficient (Wildman–Crippen LogP) is 0.700. The smallest absolute Gasteiger partial charge is 0.315 e. The van der Waals surface area contributed by atoms with Gasteiger partial charge in [0.2, 0.25) is 5.91 Å². The minimum Gasteiger partial charge on any atom is -0.481 e. The topological polar surface area (TPSA) is 108 Å². The number of carbonyl (C=O) groups excluding carboxylic acids is 2. The minimum absolute atomic E-state index is 0.243. The molecule has 0 spiro atoms. The van der Waals surface area contributed by atoms with Gasteiger partial charge in [-0.1, -0.05) is 6.92 Å².